The first kappa shape index (κ1) is 14.3. The van der Waals surface area contributed by atoms with Crippen LogP contribution in [0, 0.1) is 13.8 Å². The number of aromatic nitrogens is 1. The van der Waals surface area contributed by atoms with Crippen molar-refractivity contribution < 1.29 is 9.59 Å². The first-order valence-electron chi connectivity index (χ1n) is 6.00. The zero-order chi connectivity index (χ0) is 14.7. The smallest absolute Gasteiger partial charge is 0.286 e. The molecular formula is C14H14BrN3O2. The Kier molecular flexibility index (Phi) is 4.24. The van der Waals surface area contributed by atoms with Gasteiger partial charge in [-0.15, -0.1) is 0 Å². The Morgan fingerprint density at radius 2 is 1.85 bits per heavy atom. The minimum atomic E-state index is -0.408. The number of aryl methyl sites for hydroxylation is 1. The molecule has 6 heteroatoms. The SMILES string of the molecule is Cc1cccc(C(=O)NNC(=O)c2cc(Br)c[nH]2)c1C. The van der Waals surface area contributed by atoms with Crippen molar-refractivity contribution in [1.82, 2.24) is 15.8 Å². The molecule has 0 atom stereocenters. The van der Waals surface area contributed by atoms with Gasteiger partial charge in [-0.25, -0.2) is 0 Å². The van der Waals surface area contributed by atoms with Crippen LogP contribution in [0.5, 0.6) is 0 Å². The summed E-state index contributed by atoms with van der Waals surface area (Å²) >= 11 is 3.24. The van der Waals surface area contributed by atoms with Gasteiger partial charge in [0.15, 0.2) is 0 Å². The van der Waals surface area contributed by atoms with Crippen LogP contribution in [0.1, 0.15) is 32.0 Å². The molecule has 0 unspecified atom stereocenters. The standard InChI is InChI=1S/C14H14BrN3O2/c1-8-4-3-5-11(9(8)2)13(19)17-18-14(20)12-6-10(15)7-16-12/h3-7,16H,1-2H3,(H,17,19)(H,18,20). The van der Waals surface area contributed by atoms with E-state index in [4.69, 9.17) is 0 Å². The van der Waals surface area contributed by atoms with Gasteiger partial charge in [-0.1, -0.05) is 12.1 Å². The van der Waals surface area contributed by atoms with Gasteiger partial charge in [-0.2, -0.15) is 0 Å². The van der Waals surface area contributed by atoms with Gasteiger partial charge in [0.05, 0.1) is 0 Å². The van der Waals surface area contributed by atoms with Crippen molar-refractivity contribution in [2.45, 2.75) is 13.8 Å². The molecule has 0 aliphatic heterocycles. The van der Waals surface area contributed by atoms with Crippen molar-refractivity contribution in [1.29, 1.82) is 0 Å². The van der Waals surface area contributed by atoms with Crippen molar-refractivity contribution in [2.24, 2.45) is 0 Å². The number of hydrogen-bond donors (Lipinski definition) is 3. The van der Waals surface area contributed by atoms with Gasteiger partial charge in [-0.3, -0.25) is 20.4 Å². The maximum Gasteiger partial charge on any atom is 0.286 e. The first-order valence-corrected chi connectivity index (χ1v) is 6.79. The largest absolute Gasteiger partial charge is 0.356 e. The van der Waals surface area contributed by atoms with E-state index in [1.54, 1.807) is 24.4 Å². The van der Waals surface area contributed by atoms with Gasteiger partial charge in [-0.05, 0) is 53.0 Å². The number of nitrogens with one attached hydrogen (secondary N) is 3. The molecule has 2 rings (SSSR count). The highest BCUT2D eigenvalue weighted by atomic mass is 79.9. The molecule has 1 aromatic carbocycles. The third kappa shape index (κ3) is 3.08. The van der Waals surface area contributed by atoms with E-state index in [1.807, 2.05) is 19.9 Å². The second-order valence-electron chi connectivity index (χ2n) is 4.39. The van der Waals surface area contributed by atoms with Crippen LogP contribution in [0.2, 0.25) is 0 Å². The summed E-state index contributed by atoms with van der Waals surface area (Å²) in [7, 11) is 0. The summed E-state index contributed by atoms with van der Waals surface area (Å²) in [6.45, 7) is 3.80. The van der Waals surface area contributed by atoms with Crippen LogP contribution in [-0.2, 0) is 0 Å². The Morgan fingerprint density at radius 3 is 2.50 bits per heavy atom. The summed E-state index contributed by atoms with van der Waals surface area (Å²) in [5.74, 6) is -0.750. The summed E-state index contributed by atoms with van der Waals surface area (Å²) in [5.41, 5.74) is 7.58. The van der Waals surface area contributed by atoms with Gasteiger partial charge in [0.25, 0.3) is 11.8 Å². The highest BCUT2D eigenvalue weighted by Gasteiger charge is 2.12. The number of aromatic amines is 1. The van der Waals surface area contributed by atoms with Crippen molar-refractivity contribution in [3.05, 3.63) is 57.3 Å². The number of halogens is 1. The zero-order valence-corrected chi connectivity index (χ0v) is 12.7. The molecule has 0 saturated carbocycles. The molecular weight excluding hydrogens is 322 g/mol. The van der Waals surface area contributed by atoms with Gasteiger partial charge in [0.2, 0.25) is 0 Å². The van der Waals surface area contributed by atoms with Crippen molar-refractivity contribution in [2.75, 3.05) is 0 Å². The Morgan fingerprint density at radius 1 is 1.15 bits per heavy atom. The summed E-state index contributed by atoms with van der Waals surface area (Å²) in [6, 6.07) is 7.08. The predicted molar refractivity (Wildman–Crippen MR) is 79.3 cm³/mol. The lowest BCUT2D eigenvalue weighted by Gasteiger charge is -2.10. The number of hydrogen-bond acceptors (Lipinski definition) is 2. The lowest BCUT2D eigenvalue weighted by Crippen LogP contribution is -2.42. The van der Waals surface area contributed by atoms with Gasteiger partial charge >= 0.3 is 0 Å². The fourth-order valence-electron chi connectivity index (χ4n) is 1.74. The topological polar surface area (TPSA) is 74.0 Å². The third-order valence-corrected chi connectivity index (χ3v) is 3.49. The van der Waals surface area contributed by atoms with Crippen LogP contribution in [0.15, 0.2) is 34.9 Å². The number of amides is 2. The quantitative estimate of drug-likeness (QED) is 0.737. The summed E-state index contributed by atoms with van der Waals surface area (Å²) in [5, 5.41) is 0. The van der Waals surface area contributed by atoms with Gasteiger partial charge < -0.3 is 4.98 Å². The average molecular weight is 336 g/mol. The van der Waals surface area contributed by atoms with E-state index < -0.39 is 5.91 Å². The van der Waals surface area contributed by atoms with Gasteiger partial charge in [0.1, 0.15) is 5.69 Å². The van der Waals surface area contributed by atoms with Gasteiger partial charge in [0, 0.05) is 16.2 Å². The van der Waals surface area contributed by atoms with Crippen LogP contribution in [-0.4, -0.2) is 16.8 Å². The minimum absolute atomic E-state index is 0.342. The number of hydrazine groups is 1. The van der Waals surface area contributed by atoms with Crippen LogP contribution < -0.4 is 10.9 Å². The highest BCUT2D eigenvalue weighted by Crippen LogP contribution is 2.12. The van der Waals surface area contributed by atoms with E-state index in [1.165, 1.54) is 0 Å². The minimum Gasteiger partial charge on any atom is -0.356 e. The molecule has 0 fully saturated rings. The summed E-state index contributed by atoms with van der Waals surface area (Å²) in [4.78, 5) is 26.6. The fraction of sp³-hybridized carbons (Fsp3) is 0.143. The highest BCUT2D eigenvalue weighted by molar-refractivity contribution is 9.10. The Bertz CT molecular complexity index is 664. The van der Waals surface area contributed by atoms with E-state index in [-0.39, 0.29) is 5.91 Å². The molecule has 1 heterocycles. The average Bonchev–Trinajstić information content (AvgIpc) is 2.85. The van der Waals surface area contributed by atoms with E-state index in [2.05, 4.69) is 31.8 Å². The number of benzene rings is 1. The van der Waals surface area contributed by atoms with E-state index >= 15 is 0 Å². The molecule has 3 N–H and O–H groups in total. The first-order chi connectivity index (χ1) is 9.49. The monoisotopic (exact) mass is 335 g/mol. The van der Waals surface area contributed by atoms with E-state index in [9.17, 15) is 9.59 Å². The predicted octanol–water partition coefficient (Wildman–Crippen LogP) is 2.47. The Labute approximate surface area is 124 Å². The van der Waals surface area contributed by atoms with Crippen molar-refractivity contribution in [3.63, 3.8) is 0 Å². The summed E-state index contributed by atoms with van der Waals surface area (Å²) < 4.78 is 0.767. The molecule has 1 aromatic heterocycles. The molecule has 104 valence electrons. The van der Waals surface area contributed by atoms with Crippen LogP contribution >= 0.6 is 15.9 Å². The third-order valence-electron chi connectivity index (χ3n) is 3.03. The normalized spacial score (nSPS) is 10.2. The number of carbonyl (C=O) groups is 2. The van der Waals surface area contributed by atoms with Crippen LogP contribution in [0.4, 0.5) is 0 Å². The lowest BCUT2D eigenvalue weighted by molar-refractivity contribution is 0.0844. The van der Waals surface area contributed by atoms with Crippen LogP contribution in [0.3, 0.4) is 0 Å². The molecule has 2 amide bonds. The molecule has 0 spiro atoms. The van der Waals surface area contributed by atoms with Crippen LogP contribution in [0.25, 0.3) is 0 Å². The molecule has 0 aliphatic rings. The second-order valence-corrected chi connectivity index (χ2v) is 5.30. The number of H-pyrrole nitrogens is 1. The molecule has 20 heavy (non-hydrogen) atoms. The Balaban J connectivity index is 2.02. The maximum atomic E-state index is 12.0. The molecule has 0 saturated heterocycles. The summed E-state index contributed by atoms with van der Waals surface area (Å²) in [6.07, 6.45) is 1.64. The molecule has 2 aromatic rings. The number of carbonyl (C=O) groups excluding carboxylic acids is 2. The molecule has 5 nitrogen and oxygen atoms in total. The molecule has 0 radical (unpaired) electrons. The zero-order valence-electron chi connectivity index (χ0n) is 11.1. The van der Waals surface area contributed by atoms with Crippen molar-refractivity contribution in [3.8, 4) is 0 Å². The molecule has 0 aliphatic carbocycles. The van der Waals surface area contributed by atoms with E-state index in [0.29, 0.717) is 11.3 Å². The number of rotatable bonds is 2. The lowest BCUT2D eigenvalue weighted by atomic mass is 10.0. The maximum absolute atomic E-state index is 12.0. The van der Waals surface area contributed by atoms with E-state index in [0.717, 1.165) is 15.6 Å². The Hall–Kier alpha value is -2.08. The fourth-order valence-corrected chi connectivity index (χ4v) is 2.09. The molecule has 0 bridgehead atoms. The second kappa shape index (κ2) is 5.92. The van der Waals surface area contributed by atoms with Crippen molar-refractivity contribution >= 4 is 27.7 Å².